The van der Waals surface area contributed by atoms with Crippen LogP contribution in [0.5, 0.6) is 0 Å². The Labute approximate surface area is 204 Å². The zero-order valence-electron chi connectivity index (χ0n) is 20.1. The molecule has 4 rings (SSSR count). The minimum Gasteiger partial charge on any atom is -0.464 e. The van der Waals surface area contributed by atoms with E-state index in [1.54, 1.807) is 25.1 Å². The van der Waals surface area contributed by atoms with E-state index in [2.05, 4.69) is 10.6 Å². The van der Waals surface area contributed by atoms with Crippen LogP contribution in [0.15, 0.2) is 63.6 Å². The van der Waals surface area contributed by atoms with Gasteiger partial charge in [-0.2, -0.15) is 0 Å². The Balaban J connectivity index is 1.66. The molecule has 0 radical (unpaired) electrons. The number of nitrogens with one attached hydrogen (secondary N) is 2. The van der Waals surface area contributed by atoms with E-state index in [-0.39, 0.29) is 24.3 Å². The molecule has 8 heteroatoms. The molecule has 0 spiro atoms. The summed E-state index contributed by atoms with van der Waals surface area (Å²) in [6.45, 7) is 3.52. The average Bonchev–Trinajstić information content (AvgIpc) is 3.64. The molecule has 0 saturated heterocycles. The molecule has 2 N–H and O–H groups in total. The summed E-state index contributed by atoms with van der Waals surface area (Å²) in [5.74, 6) is -0.160. The van der Waals surface area contributed by atoms with Crippen LogP contribution in [0.1, 0.15) is 66.3 Å². The lowest BCUT2D eigenvalue weighted by molar-refractivity contribution is -0.127. The quantitative estimate of drug-likeness (QED) is 0.478. The van der Waals surface area contributed by atoms with E-state index in [1.807, 2.05) is 31.2 Å². The third-order valence-corrected chi connectivity index (χ3v) is 6.28. The summed E-state index contributed by atoms with van der Waals surface area (Å²) in [5.41, 5.74) is 1.65. The Kier molecular flexibility index (Phi) is 7.70. The fourth-order valence-corrected chi connectivity index (χ4v) is 4.39. The van der Waals surface area contributed by atoms with Crippen LogP contribution in [0.2, 0.25) is 0 Å². The maximum absolute atomic E-state index is 13.6. The average molecular weight is 478 g/mol. The minimum atomic E-state index is -1.02. The Morgan fingerprint density at radius 3 is 2.40 bits per heavy atom. The van der Waals surface area contributed by atoms with Crippen LogP contribution in [-0.4, -0.2) is 30.3 Å². The van der Waals surface area contributed by atoms with Crippen molar-refractivity contribution in [1.82, 2.24) is 10.6 Å². The molecule has 0 aliphatic heterocycles. The number of anilines is 1. The third kappa shape index (κ3) is 5.82. The van der Waals surface area contributed by atoms with Crippen molar-refractivity contribution in [1.29, 1.82) is 0 Å². The number of furan rings is 2. The SMILES string of the molecule is CCc1ccc(N(C(=O)CNC(=O)c2ccco2)[C@@H](C(=O)NC2CCCC2)c2ccc(C)o2)cc1. The predicted molar refractivity (Wildman–Crippen MR) is 131 cm³/mol. The number of aryl methyl sites for hydroxylation is 2. The molecule has 0 unspecified atom stereocenters. The van der Waals surface area contributed by atoms with Crippen molar-refractivity contribution in [2.24, 2.45) is 0 Å². The van der Waals surface area contributed by atoms with Crippen molar-refractivity contribution >= 4 is 23.4 Å². The highest BCUT2D eigenvalue weighted by Gasteiger charge is 2.36. The van der Waals surface area contributed by atoms with E-state index in [1.165, 1.54) is 17.2 Å². The van der Waals surface area contributed by atoms with Gasteiger partial charge in [0.2, 0.25) is 5.91 Å². The fourth-order valence-electron chi connectivity index (χ4n) is 4.39. The number of hydrogen-bond donors (Lipinski definition) is 2. The molecule has 1 aromatic carbocycles. The molecule has 3 aromatic rings. The van der Waals surface area contributed by atoms with Gasteiger partial charge in [0, 0.05) is 11.7 Å². The molecule has 2 aromatic heterocycles. The molecule has 0 bridgehead atoms. The molecule has 8 nitrogen and oxygen atoms in total. The van der Waals surface area contributed by atoms with Crippen LogP contribution in [-0.2, 0) is 16.0 Å². The van der Waals surface area contributed by atoms with E-state index in [9.17, 15) is 14.4 Å². The number of amides is 3. The second-order valence-corrected chi connectivity index (χ2v) is 8.78. The summed E-state index contributed by atoms with van der Waals surface area (Å²) < 4.78 is 11.0. The summed E-state index contributed by atoms with van der Waals surface area (Å²) in [6.07, 6.45) is 6.18. The maximum atomic E-state index is 13.6. The summed E-state index contributed by atoms with van der Waals surface area (Å²) >= 11 is 0. The van der Waals surface area contributed by atoms with Crippen LogP contribution in [0.25, 0.3) is 0 Å². The van der Waals surface area contributed by atoms with Gasteiger partial charge in [-0.1, -0.05) is 31.9 Å². The van der Waals surface area contributed by atoms with Gasteiger partial charge in [0.1, 0.15) is 11.5 Å². The van der Waals surface area contributed by atoms with Gasteiger partial charge in [-0.05, 0) is 68.1 Å². The number of nitrogens with zero attached hydrogens (tertiary/aromatic N) is 1. The molecule has 1 aliphatic rings. The van der Waals surface area contributed by atoms with Crippen molar-refractivity contribution in [2.45, 2.75) is 58.0 Å². The molecule has 1 aliphatic carbocycles. The number of carbonyl (C=O) groups excluding carboxylic acids is 3. The lowest BCUT2D eigenvalue weighted by Gasteiger charge is -2.31. The van der Waals surface area contributed by atoms with E-state index >= 15 is 0 Å². The second kappa shape index (κ2) is 11.1. The van der Waals surface area contributed by atoms with Crippen molar-refractivity contribution in [2.75, 3.05) is 11.4 Å². The molecular weight excluding hydrogens is 446 g/mol. The minimum absolute atomic E-state index is 0.0686. The van der Waals surface area contributed by atoms with E-state index < -0.39 is 17.9 Å². The van der Waals surface area contributed by atoms with Crippen LogP contribution in [0.4, 0.5) is 5.69 Å². The summed E-state index contributed by atoms with van der Waals surface area (Å²) in [6, 6.07) is 13.1. The number of rotatable bonds is 9. The number of hydrogen-bond acceptors (Lipinski definition) is 5. The largest absolute Gasteiger partial charge is 0.464 e. The van der Waals surface area contributed by atoms with Crippen LogP contribution in [0.3, 0.4) is 0 Å². The van der Waals surface area contributed by atoms with E-state index in [0.29, 0.717) is 17.2 Å². The van der Waals surface area contributed by atoms with Crippen LogP contribution in [0, 0.1) is 6.92 Å². The fraction of sp³-hybridized carbons (Fsp3) is 0.370. The Hall–Kier alpha value is -3.81. The monoisotopic (exact) mass is 477 g/mol. The Morgan fingerprint density at radius 2 is 1.80 bits per heavy atom. The number of benzene rings is 1. The zero-order valence-corrected chi connectivity index (χ0v) is 20.1. The van der Waals surface area contributed by atoms with Crippen LogP contribution < -0.4 is 15.5 Å². The lowest BCUT2D eigenvalue weighted by atomic mass is 10.1. The highest BCUT2D eigenvalue weighted by molar-refractivity contribution is 6.04. The highest BCUT2D eigenvalue weighted by Crippen LogP contribution is 2.30. The van der Waals surface area contributed by atoms with Gasteiger partial charge in [0.05, 0.1) is 12.8 Å². The standard InChI is InChI=1S/C27H31N3O5/c1-3-19-11-13-21(14-12-19)30(24(31)17-28-26(32)23-9-6-16-34-23)25(22-15-10-18(2)35-22)27(33)29-20-7-4-5-8-20/h6,9-16,20,25H,3-5,7-8,17H2,1-2H3,(H,28,32)(H,29,33)/t25-/m1/s1. The van der Waals surface area contributed by atoms with Crippen molar-refractivity contribution < 1.29 is 23.2 Å². The highest BCUT2D eigenvalue weighted by atomic mass is 16.3. The molecular formula is C27H31N3O5. The first-order valence-corrected chi connectivity index (χ1v) is 12.1. The van der Waals surface area contributed by atoms with Crippen molar-refractivity contribution in [3.63, 3.8) is 0 Å². The number of carbonyl (C=O) groups is 3. The van der Waals surface area contributed by atoms with Crippen molar-refractivity contribution in [3.05, 3.63) is 77.6 Å². The predicted octanol–water partition coefficient (Wildman–Crippen LogP) is 4.31. The smallest absolute Gasteiger partial charge is 0.287 e. The summed E-state index contributed by atoms with van der Waals surface area (Å²) in [5, 5.41) is 5.70. The first-order chi connectivity index (χ1) is 17.0. The molecule has 1 fully saturated rings. The molecule has 1 atom stereocenters. The van der Waals surface area contributed by atoms with Gasteiger partial charge in [-0.25, -0.2) is 0 Å². The molecule has 2 heterocycles. The van der Waals surface area contributed by atoms with Gasteiger partial charge in [-0.3, -0.25) is 19.3 Å². The van der Waals surface area contributed by atoms with Gasteiger partial charge < -0.3 is 19.5 Å². The molecule has 3 amide bonds. The Bertz CT molecular complexity index is 1140. The van der Waals surface area contributed by atoms with E-state index in [4.69, 9.17) is 8.83 Å². The van der Waals surface area contributed by atoms with Gasteiger partial charge in [0.25, 0.3) is 11.8 Å². The first-order valence-electron chi connectivity index (χ1n) is 12.1. The topological polar surface area (TPSA) is 105 Å². The van der Waals surface area contributed by atoms with Gasteiger partial charge in [-0.15, -0.1) is 0 Å². The Morgan fingerprint density at radius 1 is 1.06 bits per heavy atom. The normalized spacial score (nSPS) is 14.5. The lowest BCUT2D eigenvalue weighted by Crippen LogP contribution is -2.49. The van der Waals surface area contributed by atoms with E-state index in [0.717, 1.165) is 37.7 Å². The third-order valence-electron chi connectivity index (χ3n) is 6.28. The van der Waals surface area contributed by atoms with Gasteiger partial charge in [0.15, 0.2) is 11.8 Å². The first kappa shape index (κ1) is 24.3. The van der Waals surface area contributed by atoms with Crippen LogP contribution >= 0.6 is 0 Å². The maximum Gasteiger partial charge on any atom is 0.287 e. The summed E-state index contributed by atoms with van der Waals surface area (Å²) in [7, 11) is 0. The van der Waals surface area contributed by atoms with Gasteiger partial charge >= 0.3 is 0 Å². The zero-order chi connectivity index (χ0) is 24.8. The summed E-state index contributed by atoms with van der Waals surface area (Å²) in [4.78, 5) is 41.0. The second-order valence-electron chi connectivity index (χ2n) is 8.78. The molecule has 1 saturated carbocycles. The molecule has 184 valence electrons. The van der Waals surface area contributed by atoms with Crippen molar-refractivity contribution in [3.8, 4) is 0 Å². The molecule has 35 heavy (non-hydrogen) atoms.